The highest BCUT2D eigenvalue weighted by atomic mass is 35.5. The number of carbonyl (C=O) groups is 2. The third-order valence-corrected chi connectivity index (χ3v) is 5.32. The van der Waals surface area contributed by atoms with Crippen molar-refractivity contribution in [1.82, 2.24) is 19.5 Å². The number of benzene rings is 1. The van der Waals surface area contributed by atoms with Crippen LogP contribution in [0.5, 0.6) is 0 Å². The standard InChI is InChI=1S/C20H21ClN6O3/c1-11(30-3)18-15(10-22-17-9-16(21)25-27(17)18)24-20(29)23-13-4-5-14-12(8-13)6-7-26(2)19(14)28/h4-5,8-11H,6-7H2,1-3H3,(H2,23,24,29)/t11-/m0/s1. The molecular formula is C20H21ClN6O3. The van der Waals surface area contributed by atoms with Gasteiger partial charge in [0.05, 0.1) is 23.7 Å². The van der Waals surface area contributed by atoms with Gasteiger partial charge in [0.25, 0.3) is 5.91 Å². The van der Waals surface area contributed by atoms with E-state index < -0.39 is 6.03 Å². The summed E-state index contributed by atoms with van der Waals surface area (Å²) in [5, 5.41) is 10.1. The third-order valence-electron chi connectivity index (χ3n) is 5.13. The predicted molar refractivity (Wildman–Crippen MR) is 113 cm³/mol. The minimum Gasteiger partial charge on any atom is -0.375 e. The number of rotatable bonds is 4. The van der Waals surface area contributed by atoms with E-state index in [-0.39, 0.29) is 12.0 Å². The maximum Gasteiger partial charge on any atom is 0.323 e. The molecule has 0 fully saturated rings. The summed E-state index contributed by atoms with van der Waals surface area (Å²) in [6.07, 6.45) is 1.91. The van der Waals surface area contributed by atoms with Crippen LogP contribution in [0.4, 0.5) is 16.2 Å². The molecule has 1 aromatic carbocycles. The van der Waals surface area contributed by atoms with Crippen LogP contribution in [0, 0.1) is 0 Å². The van der Waals surface area contributed by atoms with Crippen molar-refractivity contribution in [2.24, 2.45) is 0 Å². The van der Waals surface area contributed by atoms with E-state index >= 15 is 0 Å². The minimum absolute atomic E-state index is 0.0114. The number of carbonyl (C=O) groups excluding carboxylic acids is 2. The molecule has 0 saturated carbocycles. The van der Waals surface area contributed by atoms with Gasteiger partial charge in [-0.25, -0.2) is 14.3 Å². The Bertz CT molecular complexity index is 1150. The van der Waals surface area contributed by atoms with Gasteiger partial charge in [-0.1, -0.05) is 11.6 Å². The Hall–Kier alpha value is -3.17. The van der Waals surface area contributed by atoms with Crippen molar-refractivity contribution in [2.45, 2.75) is 19.4 Å². The molecule has 156 valence electrons. The molecule has 3 heterocycles. The molecule has 9 nitrogen and oxygen atoms in total. The molecule has 1 atom stereocenters. The molecule has 10 heteroatoms. The second-order valence-corrected chi connectivity index (χ2v) is 7.49. The summed E-state index contributed by atoms with van der Waals surface area (Å²) in [7, 11) is 3.35. The van der Waals surface area contributed by atoms with Crippen molar-refractivity contribution in [3.63, 3.8) is 0 Å². The van der Waals surface area contributed by atoms with E-state index in [9.17, 15) is 9.59 Å². The number of halogens is 1. The van der Waals surface area contributed by atoms with Crippen molar-refractivity contribution < 1.29 is 14.3 Å². The minimum atomic E-state index is -0.446. The van der Waals surface area contributed by atoms with Gasteiger partial charge in [-0.05, 0) is 37.1 Å². The van der Waals surface area contributed by atoms with E-state index in [1.54, 1.807) is 48.0 Å². The molecular weight excluding hydrogens is 408 g/mol. The number of likely N-dealkylation sites (N-methyl/N-ethyl adjacent to an activating group) is 1. The second kappa shape index (κ2) is 7.92. The van der Waals surface area contributed by atoms with Crippen molar-refractivity contribution in [2.75, 3.05) is 31.3 Å². The SMILES string of the molecule is CO[C@@H](C)c1c(NC(=O)Nc2ccc3c(c2)CCN(C)C3=O)cnc2cc(Cl)nn12. The first-order valence-corrected chi connectivity index (χ1v) is 9.78. The molecule has 1 aliphatic heterocycles. The van der Waals surface area contributed by atoms with Gasteiger partial charge in [-0.15, -0.1) is 0 Å². The molecule has 0 unspecified atom stereocenters. The van der Waals surface area contributed by atoms with Crippen molar-refractivity contribution in [1.29, 1.82) is 0 Å². The molecule has 2 N–H and O–H groups in total. The maximum atomic E-state index is 12.6. The Balaban J connectivity index is 1.57. The zero-order valence-corrected chi connectivity index (χ0v) is 17.5. The number of urea groups is 1. The van der Waals surface area contributed by atoms with Crippen molar-refractivity contribution in [3.8, 4) is 0 Å². The lowest BCUT2D eigenvalue weighted by atomic mass is 9.99. The second-order valence-electron chi connectivity index (χ2n) is 7.10. The van der Waals surface area contributed by atoms with Crippen LogP contribution in [-0.2, 0) is 11.2 Å². The summed E-state index contributed by atoms with van der Waals surface area (Å²) in [6, 6.07) is 6.46. The lowest BCUT2D eigenvalue weighted by molar-refractivity contribution is 0.0781. The van der Waals surface area contributed by atoms with Gasteiger partial charge >= 0.3 is 6.03 Å². The quantitative estimate of drug-likeness (QED) is 0.663. The van der Waals surface area contributed by atoms with Crippen LogP contribution in [0.3, 0.4) is 0 Å². The number of anilines is 2. The molecule has 30 heavy (non-hydrogen) atoms. The van der Waals surface area contributed by atoms with Crippen LogP contribution in [0.2, 0.25) is 5.15 Å². The number of nitrogens with one attached hydrogen (secondary N) is 2. The summed E-state index contributed by atoms with van der Waals surface area (Å²) in [4.78, 5) is 30.8. The van der Waals surface area contributed by atoms with E-state index in [0.29, 0.717) is 40.0 Å². The third kappa shape index (κ3) is 3.69. The Morgan fingerprint density at radius 2 is 2.10 bits per heavy atom. The first kappa shape index (κ1) is 20.1. The Morgan fingerprint density at radius 3 is 2.87 bits per heavy atom. The van der Waals surface area contributed by atoms with Gasteiger partial charge < -0.3 is 20.3 Å². The van der Waals surface area contributed by atoms with E-state index in [1.807, 2.05) is 13.0 Å². The summed E-state index contributed by atoms with van der Waals surface area (Å²) >= 11 is 6.01. The van der Waals surface area contributed by atoms with E-state index in [1.165, 1.54) is 0 Å². The molecule has 2 aromatic heterocycles. The Morgan fingerprint density at radius 1 is 1.30 bits per heavy atom. The highest BCUT2D eigenvalue weighted by Crippen LogP contribution is 2.27. The molecule has 0 radical (unpaired) electrons. The number of methoxy groups -OCH3 is 1. The van der Waals surface area contributed by atoms with E-state index in [0.717, 1.165) is 12.0 Å². The fraction of sp³-hybridized carbons (Fsp3) is 0.300. The lowest BCUT2D eigenvalue weighted by Crippen LogP contribution is -2.34. The van der Waals surface area contributed by atoms with Gasteiger partial charge in [0.15, 0.2) is 10.8 Å². The largest absolute Gasteiger partial charge is 0.375 e. The fourth-order valence-corrected chi connectivity index (χ4v) is 3.66. The Kier molecular flexibility index (Phi) is 5.31. The van der Waals surface area contributed by atoms with E-state index in [4.69, 9.17) is 16.3 Å². The smallest absolute Gasteiger partial charge is 0.323 e. The zero-order chi connectivity index (χ0) is 21.4. The van der Waals surface area contributed by atoms with Crippen LogP contribution < -0.4 is 10.6 Å². The number of hydrogen-bond acceptors (Lipinski definition) is 5. The van der Waals surface area contributed by atoms with Crippen LogP contribution in [0.25, 0.3) is 5.65 Å². The number of nitrogens with zero attached hydrogens (tertiary/aromatic N) is 4. The van der Waals surface area contributed by atoms with Crippen LogP contribution in [0.1, 0.15) is 34.6 Å². The van der Waals surface area contributed by atoms with E-state index in [2.05, 4.69) is 20.7 Å². The van der Waals surface area contributed by atoms with Crippen molar-refractivity contribution >= 4 is 40.6 Å². The summed E-state index contributed by atoms with van der Waals surface area (Å²) in [5.74, 6) is -0.0114. The predicted octanol–water partition coefficient (Wildman–Crippen LogP) is 3.36. The highest BCUT2D eigenvalue weighted by molar-refractivity contribution is 6.29. The fourth-order valence-electron chi connectivity index (χ4n) is 3.49. The van der Waals surface area contributed by atoms with Crippen LogP contribution in [0.15, 0.2) is 30.5 Å². The van der Waals surface area contributed by atoms with Crippen LogP contribution >= 0.6 is 11.6 Å². The normalized spacial score (nSPS) is 14.5. The van der Waals surface area contributed by atoms with Crippen LogP contribution in [-0.4, -0.2) is 52.1 Å². The summed E-state index contributed by atoms with van der Waals surface area (Å²) < 4.78 is 6.98. The van der Waals surface area contributed by atoms with Gasteiger partial charge in [-0.3, -0.25) is 4.79 Å². The first-order valence-electron chi connectivity index (χ1n) is 9.40. The number of amides is 3. The summed E-state index contributed by atoms with van der Waals surface area (Å²) in [5.41, 5.74) is 3.79. The lowest BCUT2D eigenvalue weighted by Gasteiger charge is -2.25. The molecule has 0 bridgehead atoms. The number of fused-ring (bicyclic) bond motifs is 2. The number of aromatic nitrogens is 3. The highest BCUT2D eigenvalue weighted by Gasteiger charge is 2.22. The first-order chi connectivity index (χ1) is 14.4. The maximum absolute atomic E-state index is 12.6. The summed E-state index contributed by atoms with van der Waals surface area (Å²) in [6.45, 7) is 2.49. The average molecular weight is 429 g/mol. The zero-order valence-electron chi connectivity index (χ0n) is 16.8. The molecule has 3 amide bonds. The number of ether oxygens (including phenoxy) is 1. The van der Waals surface area contributed by atoms with Crippen molar-refractivity contribution in [3.05, 3.63) is 52.4 Å². The molecule has 4 rings (SSSR count). The monoisotopic (exact) mass is 428 g/mol. The molecule has 3 aromatic rings. The van der Waals surface area contributed by atoms with Gasteiger partial charge in [0.1, 0.15) is 0 Å². The Labute approximate surface area is 178 Å². The average Bonchev–Trinajstić information content (AvgIpc) is 3.10. The topological polar surface area (TPSA) is 101 Å². The number of hydrogen-bond donors (Lipinski definition) is 2. The molecule has 0 saturated heterocycles. The molecule has 1 aliphatic rings. The van der Waals surface area contributed by atoms with Gasteiger partial charge in [-0.2, -0.15) is 5.10 Å². The van der Waals surface area contributed by atoms with Gasteiger partial charge in [0, 0.05) is 38.0 Å². The molecule has 0 spiro atoms. The van der Waals surface area contributed by atoms with Gasteiger partial charge in [0.2, 0.25) is 0 Å². The molecule has 0 aliphatic carbocycles.